The van der Waals surface area contributed by atoms with Crippen molar-refractivity contribution >= 4 is 5.91 Å². The minimum absolute atomic E-state index is 0.194. The predicted octanol–water partition coefficient (Wildman–Crippen LogP) is 2.50. The molecule has 1 aromatic rings. The molecule has 4 heteroatoms. The molecule has 0 radical (unpaired) electrons. The standard InChI is InChI=1S/C20H31N3O/c1-22-12-5-8-19(22)11-15-23-13-9-18(10-14-23)20(24)21-16-17-6-3-2-4-7-17/h2-4,6-7,18-19H,5,8-16H2,1H3,(H,21,24)/t19-/m1/s1. The molecule has 1 N–H and O–H groups in total. The number of carbonyl (C=O) groups excluding carboxylic acids is 1. The molecule has 2 saturated heterocycles. The van der Waals surface area contributed by atoms with Gasteiger partial charge in [-0.15, -0.1) is 0 Å². The number of benzene rings is 1. The first-order valence-electron chi connectivity index (χ1n) is 9.46. The molecule has 2 fully saturated rings. The van der Waals surface area contributed by atoms with Crippen LogP contribution in [-0.2, 0) is 11.3 Å². The van der Waals surface area contributed by atoms with E-state index in [4.69, 9.17) is 0 Å². The molecule has 0 saturated carbocycles. The second-order valence-electron chi connectivity index (χ2n) is 7.38. The number of amides is 1. The number of likely N-dealkylation sites (tertiary alicyclic amines) is 2. The SMILES string of the molecule is CN1CCC[C@@H]1CCN1CCC(C(=O)NCc2ccccc2)CC1. The van der Waals surface area contributed by atoms with E-state index in [1.54, 1.807) is 0 Å². The number of rotatable bonds is 6. The Labute approximate surface area is 146 Å². The highest BCUT2D eigenvalue weighted by atomic mass is 16.1. The van der Waals surface area contributed by atoms with Crippen molar-refractivity contribution in [2.45, 2.75) is 44.7 Å². The molecule has 1 atom stereocenters. The van der Waals surface area contributed by atoms with Crippen molar-refractivity contribution in [1.29, 1.82) is 0 Å². The smallest absolute Gasteiger partial charge is 0.223 e. The fourth-order valence-corrected chi connectivity index (χ4v) is 4.02. The van der Waals surface area contributed by atoms with Gasteiger partial charge in [0.15, 0.2) is 0 Å². The normalized spacial score (nSPS) is 23.5. The van der Waals surface area contributed by atoms with Crippen LogP contribution in [0.1, 0.15) is 37.7 Å². The van der Waals surface area contributed by atoms with Gasteiger partial charge in [0.25, 0.3) is 0 Å². The molecule has 4 nitrogen and oxygen atoms in total. The molecule has 132 valence electrons. The van der Waals surface area contributed by atoms with E-state index in [0.717, 1.165) is 32.0 Å². The summed E-state index contributed by atoms with van der Waals surface area (Å²) in [5.74, 6) is 0.424. The van der Waals surface area contributed by atoms with Crippen LogP contribution in [0.4, 0.5) is 0 Å². The minimum atomic E-state index is 0.194. The molecule has 2 aliphatic rings. The summed E-state index contributed by atoms with van der Waals surface area (Å²) in [6.45, 7) is 5.23. The Morgan fingerprint density at radius 2 is 1.88 bits per heavy atom. The minimum Gasteiger partial charge on any atom is -0.352 e. The second-order valence-corrected chi connectivity index (χ2v) is 7.38. The van der Waals surface area contributed by atoms with E-state index in [-0.39, 0.29) is 11.8 Å². The highest BCUT2D eigenvalue weighted by Gasteiger charge is 2.26. The van der Waals surface area contributed by atoms with Gasteiger partial charge in [-0.1, -0.05) is 30.3 Å². The van der Waals surface area contributed by atoms with E-state index in [0.29, 0.717) is 6.54 Å². The fourth-order valence-electron chi connectivity index (χ4n) is 4.02. The van der Waals surface area contributed by atoms with Gasteiger partial charge in [-0.2, -0.15) is 0 Å². The average molecular weight is 329 g/mol. The summed E-state index contributed by atoms with van der Waals surface area (Å²) in [5, 5.41) is 3.10. The van der Waals surface area contributed by atoms with Crippen LogP contribution in [0.5, 0.6) is 0 Å². The van der Waals surface area contributed by atoms with Gasteiger partial charge in [-0.3, -0.25) is 4.79 Å². The first-order chi connectivity index (χ1) is 11.7. The molecule has 24 heavy (non-hydrogen) atoms. The van der Waals surface area contributed by atoms with Gasteiger partial charge >= 0.3 is 0 Å². The maximum atomic E-state index is 12.4. The van der Waals surface area contributed by atoms with E-state index >= 15 is 0 Å². The van der Waals surface area contributed by atoms with Gasteiger partial charge in [-0.25, -0.2) is 0 Å². The average Bonchev–Trinajstić information content (AvgIpc) is 3.04. The third-order valence-electron chi connectivity index (χ3n) is 5.72. The van der Waals surface area contributed by atoms with Gasteiger partial charge in [-0.05, 0) is 70.9 Å². The third-order valence-corrected chi connectivity index (χ3v) is 5.72. The van der Waals surface area contributed by atoms with Crippen molar-refractivity contribution in [3.05, 3.63) is 35.9 Å². The van der Waals surface area contributed by atoms with Crippen LogP contribution >= 0.6 is 0 Å². The summed E-state index contributed by atoms with van der Waals surface area (Å²) >= 11 is 0. The Bertz CT molecular complexity index is 511. The summed E-state index contributed by atoms with van der Waals surface area (Å²) in [5.41, 5.74) is 1.17. The van der Waals surface area contributed by atoms with Crippen LogP contribution in [0, 0.1) is 5.92 Å². The van der Waals surface area contributed by atoms with Gasteiger partial charge in [0.05, 0.1) is 0 Å². The maximum absolute atomic E-state index is 12.4. The summed E-state index contributed by atoms with van der Waals surface area (Å²) in [6.07, 6.45) is 5.99. The van der Waals surface area contributed by atoms with Crippen LogP contribution in [0.15, 0.2) is 30.3 Å². The Kier molecular flexibility index (Phi) is 6.27. The summed E-state index contributed by atoms with van der Waals surface area (Å²) in [7, 11) is 2.25. The quantitative estimate of drug-likeness (QED) is 0.871. The van der Waals surface area contributed by atoms with Crippen LogP contribution in [0.2, 0.25) is 0 Å². The first-order valence-corrected chi connectivity index (χ1v) is 9.46. The van der Waals surface area contributed by atoms with Gasteiger partial charge in [0.1, 0.15) is 0 Å². The molecule has 0 aliphatic carbocycles. The molecule has 0 spiro atoms. The van der Waals surface area contributed by atoms with Crippen LogP contribution in [0.3, 0.4) is 0 Å². The predicted molar refractivity (Wildman–Crippen MR) is 97.7 cm³/mol. The Hall–Kier alpha value is -1.39. The molecular weight excluding hydrogens is 298 g/mol. The topological polar surface area (TPSA) is 35.6 Å². The lowest BCUT2D eigenvalue weighted by Gasteiger charge is -2.32. The zero-order valence-corrected chi connectivity index (χ0v) is 14.9. The number of hydrogen-bond acceptors (Lipinski definition) is 3. The number of carbonyl (C=O) groups is 1. The highest BCUT2D eigenvalue weighted by molar-refractivity contribution is 5.78. The molecule has 1 amide bonds. The molecule has 0 bridgehead atoms. The van der Waals surface area contributed by atoms with Crippen molar-refractivity contribution in [2.75, 3.05) is 33.2 Å². The number of piperidine rings is 1. The second kappa shape index (κ2) is 8.63. The maximum Gasteiger partial charge on any atom is 0.223 e. The molecular formula is C20H31N3O. The molecule has 2 aliphatic heterocycles. The zero-order chi connectivity index (χ0) is 16.8. The van der Waals surface area contributed by atoms with Gasteiger partial charge in [0, 0.05) is 18.5 Å². The van der Waals surface area contributed by atoms with Gasteiger partial charge < -0.3 is 15.1 Å². The largest absolute Gasteiger partial charge is 0.352 e. The van der Waals surface area contributed by atoms with Crippen LogP contribution in [-0.4, -0.2) is 55.0 Å². The zero-order valence-electron chi connectivity index (χ0n) is 14.9. The molecule has 0 aromatic heterocycles. The van der Waals surface area contributed by atoms with Crippen LogP contribution < -0.4 is 5.32 Å². The van der Waals surface area contributed by atoms with Crippen molar-refractivity contribution in [3.63, 3.8) is 0 Å². The Balaban J connectivity index is 1.34. The summed E-state index contributed by atoms with van der Waals surface area (Å²) in [6, 6.07) is 10.9. The van der Waals surface area contributed by atoms with Crippen molar-refractivity contribution < 1.29 is 4.79 Å². The van der Waals surface area contributed by atoms with Crippen LogP contribution in [0.25, 0.3) is 0 Å². The lowest BCUT2D eigenvalue weighted by atomic mass is 9.95. The Morgan fingerprint density at radius 3 is 2.54 bits per heavy atom. The fraction of sp³-hybridized carbons (Fsp3) is 0.650. The van der Waals surface area contributed by atoms with E-state index in [9.17, 15) is 4.79 Å². The molecule has 1 aromatic carbocycles. The molecule has 3 rings (SSSR count). The number of nitrogens with zero attached hydrogens (tertiary/aromatic N) is 2. The van der Waals surface area contributed by atoms with Crippen molar-refractivity contribution in [3.8, 4) is 0 Å². The highest BCUT2D eigenvalue weighted by Crippen LogP contribution is 2.21. The van der Waals surface area contributed by atoms with E-state index in [2.05, 4.69) is 34.3 Å². The van der Waals surface area contributed by atoms with E-state index in [1.807, 2.05) is 18.2 Å². The summed E-state index contributed by atoms with van der Waals surface area (Å²) < 4.78 is 0. The van der Waals surface area contributed by atoms with Crippen molar-refractivity contribution in [2.24, 2.45) is 5.92 Å². The third kappa shape index (κ3) is 4.81. The molecule has 2 heterocycles. The van der Waals surface area contributed by atoms with E-state index in [1.165, 1.54) is 37.9 Å². The molecule has 0 unspecified atom stereocenters. The number of nitrogens with one attached hydrogen (secondary N) is 1. The monoisotopic (exact) mass is 329 g/mol. The lowest BCUT2D eigenvalue weighted by molar-refractivity contribution is -0.126. The Morgan fingerprint density at radius 1 is 1.12 bits per heavy atom. The summed E-state index contributed by atoms with van der Waals surface area (Å²) in [4.78, 5) is 17.4. The van der Waals surface area contributed by atoms with Crippen molar-refractivity contribution in [1.82, 2.24) is 15.1 Å². The van der Waals surface area contributed by atoms with Gasteiger partial charge in [0.2, 0.25) is 5.91 Å². The number of hydrogen-bond donors (Lipinski definition) is 1. The lowest BCUT2D eigenvalue weighted by Crippen LogP contribution is -2.41. The first kappa shape index (κ1) is 17.4. The van der Waals surface area contributed by atoms with E-state index < -0.39 is 0 Å².